The van der Waals surface area contributed by atoms with Gasteiger partial charge in [0.2, 0.25) is 0 Å². The number of benzene rings is 1. The van der Waals surface area contributed by atoms with Gasteiger partial charge in [-0.15, -0.1) is 0 Å². The van der Waals surface area contributed by atoms with Gasteiger partial charge >= 0.3 is 11.9 Å². The molecule has 7 nitrogen and oxygen atoms in total. The second-order valence-corrected chi connectivity index (χ2v) is 6.54. The maximum Gasteiger partial charge on any atom is 0.320 e. The summed E-state index contributed by atoms with van der Waals surface area (Å²) in [7, 11) is 0. The normalized spacial score (nSPS) is 27.9. The second kappa shape index (κ2) is 6.84. The molecule has 0 aliphatic carbocycles. The van der Waals surface area contributed by atoms with Crippen LogP contribution in [0.4, 0.5) is 0 Å². The summed E-state index contributed by atoms with van der Waals surface area (Å²) in [6.45, 7) is 6.05. The molecular weight excluding hydrogens is 322 g/mol. The molecule has 1 saturated heterocycles. The number of carboxylic acids is 1. The molecule has 0 aromatic heterocycles. The van der Waals surface area contributed by atoms with Crippen molar-refractivity contribution in [3.8, 4) is 0 Å². The molecule has 1 aromatic carbocycles. The quantitative estimate of drug-likeness (QED) is 0.806. The first-order chi connectivity index (χ1) is 11.9. The zero-order valence-corrected chi connectivity index (χ0v) is 14.6. The number of nitrogens with one attached hydrogen (secondary N) is 1. The highest BCUT2D eigenvalue weighted by atomic mass is 16.5. The third-order valence-electron chi connectivity index (χ3n) is 4.78. The van der Waals surface area contributed by atoms with E-state index in [-0.39, 0.29) is 12.6 Å². The summed E-state index contributed by atoms with van der Waals surface area (Å²) in [4.78, 5) is 23.8. The molecule has 1 aromatic rings. The number of rotatable bonds is 4. The minimum atomic E-state index is -0.927. The van der Waals surface area contributed by atoms with Gasteiger partial charge in [-0.3, -0.25) is 19.9 Å². The number of hydrazone groups is 1. The van der Waals surface area contributed by atoms with Crippen LogP contribution in [0.2, 0.25) is 0 Å². The van der Waals surface area contributed by atoms with Gasteiger partial charge in [0, 0.05) is 6.21 Å². The van der Waals surface area contributed by atoms with Crippen molar-refractivity contribution in [2.45, 2.75) is 45.4 Å². The third-order valence-corrected chi connectivity index (χ3v) is 4.78. The number of hydrogen-bond donors (Lipinski definition) is 2. The average molecular weight is 345 g/mol. The molecule has 134 valence electrons. The summed E-state index contributed by atoms with van der Waals surface area (Å²) in [6, 6.07) is 5.15. The number of aryl methyl sites for hydroxylation is 2. The molecule has 2 aliphatic heterocycles. The summed E-state index contributed by atoms with van der Waals surface area (Å²) in [5.74, 6) is -1.93. The van der Waals surface area contributed by atoms with Gasteiger partial charge in [0.1, 0.15) is 18.1 Å². The summed E-state index contributed by atoms with van der Waals surface area (Å²) in [5.41, 5.74) is 3.27. The molecule has 0 spiro atoms. The molecule has 0 saturated carbocycles. The predicted octanol–water partition coefficient (Wildman–Crippen LogP) is 1.60. The number of ether oxygens (including phenoxy) is 1. The minimum Gasteiger partial charge on any atom is -0.480 e. The van der Waals surface area contributed by atoms with Crippen LogP contribution in [-0.4, -0.2) is 47.1 Å². The van der Waals surface area contributed by atoms with Crippen LogP contribution in [0.3, 0.4) is 0 Å². The van der Waals surface area contributed by atoms with Crippen LogP contribution < -0.4 is 5.32 Å². The highest BCUT2D eigenvalue weighted by Gasteiger charge is 2.47. The van der Waals surface area contributed by atoms with Crippen molar-refractivity contribution in [2.75, 3.05) is 6.61 Å². The zero-order chi connectivity index (χ0) is 18.1. The molecule has 0 bridgehead atoms. The molecule has 7 heteroatoms. The summed E-state index contributed by atoms with van der Waals surface area (Å²) in [5, 5.41) is 18.8. The highest BCUT2D eigenvalue weighted by molar-refractivity contribution is 5.92. The van der Waals surface area contributed by atoms with Crippen LogP contribution in [0.25, 0.3) is 0 Å². The van der Waals surface area contributed by atoms with Crippen LogP contribution in [0, 0.1) is 19.8 Å². The highest BCUT2D eigenvalue weighted by Crippen LogP contribution is 2.37. The van der Waals surface area contributed by atoms with Crippen LogP contribution in [0.15, 0.2) is 23.3 Å². The number of carbonyl (C=O) groups is 2. The van der Waals surface area contributed by atoms with Gasteiger partial charge in [-0.25, -0.2) is 0 Å². The van der Waals surface area contributed by atoms with Crippen molar-refractivity contribution in [3.63, 3.8) is 0 Å². The Hall–Kier alpha value is -2.41. The summed E-state index contributed by atoms with van der Waals surface area (Å²) >= 11 is 0. The van der Waals surface area contributed by atoms with Gasteiger partial charge in [0.25, 0.3) is 0 Å². The van der Waals surface area contributed by atoms with E-state index in [1.165, 1.54) is 0 Å². The molecule has 3 rings (SSSR count). The smallest absolute Gasteiger partial charge is 0.320 e. The SMILES string of the molecule is CCOC(=O)C1C=NN2C(c3ccc(C)cc3C)CC(C(=O)O)NC12. The largest absolute Gasteiger partial charge is 0.480 e. The van der Waals surface area contributed by atoms with E-state index >= 15 is 0 Å². The van der Waals surface area contributed by atoms with Crippen LogP contribution in [0.5, 0.6) is 0 Å². The Morgan fingerprint density at radius 1 is 1.40 bits per heavy atom. The lowest BCUT2D eigenvalue weighted by molar-refractivity contribution is -0.151. The summed E-state index contributed by atoms with van der Waals surface area (Å²) in [6.07, 6.45) is 1.42. The van der Waals surface area contributed by atoms with Crippen molar-refractivity contribution in [1.29, 1.82) is 0 Å². The molecule has 0 radical (unpaired) electrons. The lowest BCUT2D eigenvalue weighted by atomic mass is 9.90. The van der Waals surface area contributed by atoms with E-state index in [0.29, 0.717) is 6.42 Å². The van der Waals surface area contributed by atoms with Crippen LogP contribution in [-0.2, 0) is 14.3 Å². The molecule has 0 amide bonds. The standard InChI is InChI=1S/C18H23N3O4/c1-4-25-18(24)13-9-19-21-15(8-14(17(22)23)20-16(13)21)12-6-5-10(2)7-11(12)3/h5-7,9,13-16,20H,4,8H2,1-3H3,(H,22,23). The van der Waals surface area contributed by atoms with E-state index in [4.69, 9.17) is 4.74 Å². The van der Waals surface area contributed by atoms with Gasteiger partial charge in [0.05, 0.1) is 12.6 Å². The Balaban J connectivity index is 1.94. The third kappa shape index (κ3) is 3.24. The van der Waals surface area contributed by atoms with E-state index in [2.05, 4.69) is 16.5 Å². The fourth-order valence-corrected chi connectivity index (χ4v) is 3.60. The average Bonchev–Trinajstić information content (AvgIpc) is 2.98. The molecule has 4 unspecified atom stereocenters. The van der Waals surface area contributed by atoms with E-state index in [1.54, 1.807) is 18.1 Å². The Bertz CT molecular complexity index is 718. The summed E-state index contributed by atoms with van der Waals surface area (Å²) < 4.78 is 5.11. The van der Waals surface area contributed by atoms with E-state index in [9.17, 15) is 14.7 Å². The lowest BCUT2D eigenvalue weighted by Gasteiger charge is -2.42. The number of fused-ring (bicyclic) bond motifs is 1. The molecule has 4 atom stereocenters. The molecular formula is C18H23N3O4. The van der Waals surface area contributed by atoms with Crippen molar-refractivity contribution < 1.29 is 19.4 Å². The van der Waals surface area contributed by atoms with Gasteiger partial charge < -0.3 is 9.84 Å². The van der Waals surface area contributed by atoms with Crippen LogP contribution >= 0.6 is 0 Å². The minimum absolute atomic E-state index is 0.205. The van der Waals surface area contributed by atoms with E-state index in [1.807, 2.05) is 26.0 Å². The van der Waals surface area contributed by atoms with Crippen molar-refractivity contribution in [2.24, 2.45) is 11.0 Å². The number of aliphatic carboxylic acids is 1. The van der Waals surface area contributed by atoms with Gasteiger partial charge in [-0.2, -0.15) is 5.10 Å². The first-order valence-electron chi connectivity index (χ1n) is 8.47. The van der Waals surface area contributed by atoms with E-state index in [0.717, 1.165) is 16.7 Å². The number of esters is 1. The van der Waals surface area contributed by atoms with Gasteiger partial charge in [-0.05, 0) is 38.3 Å². The first kappa shape index (κ1) is 17.4. The van der Waals surface area contributed by atoms with Crippen molar-refractivity contribution in [1.82, 2.24) is 10.3 Å². The maximum absolute atomic E-state index is 12.2. The number of carboxylic acid groups (broad SMARTS) is 1. The topological polar surface area (TPSA) is 91.2 Å². The van der Waals surface area contributed by atoms with E-state index < -0.39 is 30.1 Å². The van der Waals surface area contributed by atoms with Crippen molar-refractivity contribution >= 4 is 18.2 Å². The molecule has 2 aliphatic rings. The first-order valence-corrected chi connectivity index (χ1v) is 8.47. The monoisotopic (exact) mass is 345 g/mol. The number of carbonyl (C=O) groups excluding carboxylic acids is 1. The molecule has 2 N–H and O–H groups in total. The number of hydrogen-bond acceptors (Lipinski definition) is 6. The van der Waals surface area contributed by atoms with Gasteiger partial charge in [0.15, 0.2) is 0 Å². The Labute approximate surface area is 146 Å². The fourth-order valence-electron chi connectivity index (χ4n) is 3.60. The molecule has 25 heavy (non-hydrogen) atoms. The maximum atomic E-state index is 12.2. The second-order valence-electron chi connectivity index (χ2n) is 6.54. The Morgan fingerprint density at radius 2 is 2.16 bits per heavy atom. The Morgan fingerprint density at radius 3 is 2.80 bits per heavy atom. The number of nitrogens with zero attached hydrogens (tertiary/aromatic N) is 2. The fraction of sp³-hybridized carbons (Fsp3) is 0.500. The van der Waals surface area contributed by atoms with Crippen LogP contribution in [0.1, 0.15) is 36.1 Å². The van der Waals surface area contributed by atoms with Gasteiger partial charge in [-0.1, -0.05) is 23.8 Å². The Kier molecular flexibility index (Phi) is 4.76. The predicted molar refractivity (Wildman–Crippen MR) is 92.1 cm³/mol. The molecule has 2 heterocycles. The molecule has 1 fully saturated rings. The van der Waals surface area contributed by atoms with Crippen molar-refractivity contribution in [3.05, 3.63) is 34.9 Å². The zero-order valence-electron chi connectivity index (χ0n) is 14.6. The lowest BCUT2D eigenvalue weighted by Crippen LogP contribution is -2.59.